The van der Waals surface area contributed by atoms with Crippen LogP contribution in [0.3, 0.4) is 0 Å². The number of hydrogen-bond acceptors (Lipinski definition) is 2. The molecule has 18 heavy (non-hydrogen) atoms. The molecule has 4 aliphatic rings. The van der Waals surface area contributed by atoms with Crippen LogP contribution in [0.4, 0.5) is 0 Å². The van der Waals surface area contributed by atoms with Gasteiger partial charge in [0, 0.05) is 6.42 Å². The Morgan fingerprint density at radius 3 is 2.06 bits per heavy atom. The Morgan fingerprint density at radius 2 is 1.61 bits per heavy atom. The van der Waals surface area contributed by atoms with Crippen LogP contribution in [-0.4, -0.2) is 21.8 Å². The molecule has 2 N–H and O–H groups in total. The third-order valence-electron chi connectivity index (χ3n) is 5.79. The first-order valence-corrected chi connectivity index (χ1v) is 7.40. The first kappa shape index (κ1) is 12.5. The number of carbonyl (C=O) groups is 1. The van der Waals surface area contributed by atoms with E-state index in [0.717, 1.165) is 11.8 Å². The summed E-state index contributed by atoms with van der Waals surface area (Å²) in [5, 5.41) is 19.5. The zero-order valence-corrected chi connectivity index (χ0v) is 11.1. The number of aliphatic hydroxyl groups is 1. The van der Waals surface area contributed by atoms with Gasteiger partial charge < -0.3 is 10.2 Å². The molecule has 0 aromatic rings. The standard InChI is InChI=1S/C15H24O3/c1-15(18,3-2-13(16)17)14-11-5-9-4-10(7-11)8-12(14)6-9/h9-12,14,18H,2-8H2,1H3,(H,16,17). The van der Waals surface area contributed by atoms with Crippen molar-refractivity contribution in [1.82, 2.24) is 0 Å². The van der Waals surface area contributed by atoms with Crippen molar-refractivity contribution < 1.29 is 15.0 Å². The summed E-state index contributed by atoms with van der Waals surface area (Å²) in [6.07, 6.45) is 7.03. The van der Waals surface area contributed by atoms with Gasteiger partial charge in [-0.2, -0.15) is 0 Å². The van der Waals surface area contributed by atoms with Gasteiger partial charge in [0.1, 0.15) is 0 Å². The third kappa shape index (κ3) is 2.07. The van der Waals surface area contributed by atoms with Crippen molar-refractivity contribution in [2.75, 3.05) is 0 Å². The Labute approximate surface area is 109 Å². The Bertz CT molecular complexity index is 320. The van der Waals surface area contributed by atoms with Gasteiger partial charge in [-0.3, -0.25) is 4.79 Å². The molecule has 0 heterocycles. The van der Waals surface area contributed by atoms with Crippen LogP contribution in [0.2, 0.25) is 0 Å². The fourth-order valence-corrected chi connectivity index (χ4v) is 5.47. The SMILES string of the molecule is CC(O)(CCC(=O)O)C1C2CC3CC(C2)CC1C3. The molecule has 4 bridgehead atoms. The summed E-state index contributed by atoms with van der Waals surface area (Å²) in [4.78, 5) is 10.7. The Morgan fingerprint density at radius 1 is 1.11 bits per heavy atom. The highest BCUT2D eigenvalue weighted by molar-refractivity contribution is 5.66. The average molecular weight is 252 g/mol. The normalized spacial score (nSPS) is 44.9. The fraction of sp³-hybridized carbons (Fsp3) is 0.933. The maximum Gasteiger partial charge on any atom is 0.303 e. The summed E-state index contributed by atoms with van der Waals surface area (Å²) in [7, 11) is 0. The second kappa shape index (κ2) is 4.22. The molecule has 4 fully saturated rings. The van der Waals surface area contributed by atoms with E-state index >= 15 is 0 Å². The van der Waals surface area contributed by atoms with E-state index in [1.54, 1.807) is 0 Å². The highest BCUT2D eigenvalue weighted by Gasteiger charge is 2.53. The monoisotopic (exact) mass is 252 g/mol. The van der Waals surface area contributed by atoms with E-state index in [9.17, 15) is 9.90 Å². The van der Waals surface area contributed by atoms with Crippen molar-refractivity contribution in [2.45, 2.75) is 57.5 Å². The van der Waals surface area contributed by atoms with Crippen molar-refractivity contribution in [2.24, 2.45) is 29.6 Å². The molecule has 0 aromatic carbocycles. The lowest BCUT2D eigenvalue weighted by Crippen LogP contribution is -2.53. The van der Waals surface area contributed by atoms with Gasteiger partial charge >= 0.3 is 5.97 Å². The van der Waals surface area contributed by atoms with Crippen LogP contribution in [0, 0.1) is 29.6 Å². The lowest BCUT2D eigenvalue weighted by Gasteiger charge is -2.58. The summed E-state index contributed by atoms with van der Waals surface area (Å²) in [6, 6.07) is 0. The van der Waals surface area contributed by atoms with Crippen LogP contribution in [-0.2, 0) is 4.79 Å². The zero-order valence-electron chi connectivity index (χ0n) is 11.1. The molecule has 0 aliphatic heterocycles. The lowest BCUT2D eigenvalue weighted by atomic mass is 9.48. The van der Waals surface area contributed by atoms with Gasteiger partial charge in [0.05, 0.1) is 5.60 Å². The van der Waals surface area contributed by atoms with E-state index in [1.807, 2.05) is 6.92 Å². The number of rotatable bonds is 4. The number of aliphatic carboxylic acids is 1. The lowest BCUT2D eigenvalue weighted by molar-refractivity contribution is -0.149. The minimum Gasteiger partial charge on any atom is -0.481 e. The van der Waals surface area contributed by atoms with Crippen molar-refractivity contribution in [3.8, 4) is 0 Å². The Balaban J connectivity index is 1.73. The molecule has 0 spiro atoms. The molecule has 0 saturated heterocycles. The second-order valence-corrected chi connectivity index (χ2v) is 7.21. The van der Waals surface area contributed by atoms with Gasteiger partial charge in [-0.05, 0) is 75.0 Å². The van der Waals surface area contributed by atoms with E-state index in [2.05, 4.69) is 0 Å². The minimum absolute atomic E-state index is 0.0931. The molecule has 1 unspecified atom stereocenters. The quantitative estimate of drug-likeness (QED) is 0.808. The molecule has 4 rings (SSSR count). The van der Waals surface area contributed by atoms with Crippen LogP contribution in [0.25, 0.3) is 0 Å². The smallest absolute Gasteiger partial charge is 0.303 e. The van der Waals surface area contributed by atoms with Gasteiger partial charge in [0.25, 0.3) is 0 Å². The summed E-state index contributed by atoms with van der Waals surface area (Å²) in [6.45, 7) is 1.88. The molecule has 0 amide bonds. The first-order chi connectivity index (χ1) is 8.45. The first-order valence-electron chi connectivity index (χ1n) is 7.40. The van der Waals surface area contributed by atoms with Crippen molar-refractivity contribution in [3.63, 3.8) is 0 Å². The zero-order chi connectivity index (χ0) is 12.9. The molecule has 3 nitrogen and oxygen atoms in total. The number of hydrogen-bond donors (Lipinski definition) is 2. The predicted octanol–water partition coefficient (Wildman–Crippen LogP) is 2.67. The largest absolute Gasteiger partial charge is 0.481 e. The summed E-state index contributed by atoms with van der Waals surface area (Å²) in [5.41, 5.74) is -0.777. The van der Waals surface area contributed by atoms with E-state index in [0.29, 0.717) is 24.2 Å². The van der Waals surface area contributed by atoms with Crippen molar-refractivity contribution in [3.05, 3.63) is 0 Å². The highest BCUT2D eigenvalue weighted by atomic mass is 16.4. The molecular weight excluding hydrogens is 228 g/mol. The van der Waals surface area contributed by atoms with Gasteiger partial charge in [0.15, 0.2) is 0 Å². The van der Waals surface area contributed by atoms with Crippen LogP contribution in [0.15, 0.2) is 0 Å². The van der Waals surface area contributed by atoms with Gasteiger partial charge in [-0.15, -0.1) is 0 Å². The fourth-order valence-electron chi connectivity index (χ4n) is 5.47. The van der Waals surface area contributed by atoms with Crippen LogP contribution in [0.1, 0.15) is 51.9 Å². The van der Waals surface area contributed by atoms with Crippen LogP contribution < -0.4 is 0 Å². The summed E-state index contributed by atoms with van der Waals surface area (Å²) in [5.74, 6) is 2.68. The van der Waals surface area contributed by atoms with Gasteiger partial charge in [-0.25, -0.2) is 0 Å². The van der Waals surface area contributed by atoms with Crippen LogP contribution >= 0.6 is 0 Å². The maximum atomic E-state index is 10.7. The topological polar surface area (TPSA) is 57.5 Å². The minimum atomic E-state index is -0.793. The van der Waals surface area contributed by atoms with Crippen LogP contribution in [0.5, 0.6) is 0 Å². The van der Waals surface area contributed by atoms with E-state index in [-0.39, 0.29) is 6.42 Å². The van der Waals surface area contributed by atoms with E-state index < -0.39 is 11.6 Å². The average Bonchev–Trinajstić information content (AvgIpc) is 2.24. The maximum absolute atomic E-state index is 10.7. The molecule has 102 valence electrons. The molecule has 3 heteroatoms. The second-order valence-electron chi connectivity index (χ2n) is 7.21. The van der Waals surface area contributed by atoms with E-state index in [4.69, 9.17) is 5.11 Å². The molecule has 1 atom stereocenters. The van der Waals surface area contributed by atoms with Crippen molar-refractivity contribution >= 4 is 5.97 Å². The molecule has 0 radical (unpaired) electrons. The number of carboxylic acid groups (broad SMARTS) is 1. The van der Waals surface area contributed by atoms with Gasteiger partial charge in [-0.1, -0.05) is 0 Å². The molecule has 4 aliphatic carbocycles. The van der Waals surface area contributed by atoms with Crippen molar-refractivity contribution in [1.29, 1.82) is 0 Å². The highest BCUT2D eigenvalue weighted by Crippen LogP contribution is 2.59. The van der Waals surface area contributed by atoms with Gasteiger partial charge in [0.2, 0.25) is 0 Å². The predicted molar refractivity (Wildman–Crippen MR) is 68.0 cm³/mol. The summed E-state index contributed by atoms with van der Waals surface area (Å²) < 4.78 is 0. The molecular formula is C15H24O3. The number of carboxylic acids is 1. The third-order valence-corrected chi connectivity index (χ3v) is 5.79. The van der Waals surface area contributed by atoms with E-state index in [1.165, 1.54) is 32.1 Å². The molecule has 4 saturated carbocycles. The summed E-state index contributed by atoms with van der Waals surface area (Å²) >= 11 is 0. The Kier molecular flexibility index (Phi) is 2.92. The Hall–Kier alpha value is -0.570. The molecule has 0 aromatic heterocycles.